The predicted octanol–water partition coefficient (Wildman–Crippen LogP) is 3.43. The van der Waals surface area contributed by atoms with Gasteiger partial charge in [-0.15, -0.1) is 0 Å². The van der Waals surface area contributed by atoms with Crippen molar-refractivity contribution in [2.75, 3.05) is 0 Å². The highest BCUT2D eigenvalue weighted by atomic mass is 35.5. The molecule has 1 aromatic carbocycles. The number of hydrogen-bond donors (Lipinski definition) is 1. The molecule has 7 nitrogen and oxygen atoms in total. The van der Waals surface area contributed by atoms with Crippen molar-refractivity contribution >= 4 is 27.5 Å². The molecule has 1 saturated heterocycles. The zero-order chi connectivity index (χ0) is 23.9. The van der Waals surface area contributed by atoms with Crippen LogP contribution in [0, 0.1) is 17.1 Å². The zero-order valence-corrected chi connectivity index (χ0v) is 19.2. The molecule has 33 heavy (non-hydrogen) atoms. The first-order valence-corrected chi connectivity index (χ1v) is 12.3. The molecule has 1 aromatic heterocycles. The van der Waals surface area contributed by atoms with E-state index in [2.05, 4.69) is 16.4 Å². The van der Waals surface area contributed by atoms with Crippen LogP contribution in [-0.4, -0.2) is 41.9 Å². The van der Waals surface area contributed by atoms with Gasteiger partial charge in [-0.25, -0.2) is 22.2 Å². The number of aromatic nitrogens is 1. The van der Waals surface area contributed by atoms with Crippen molar-refractivity contribution in [2.45, 2.75) is 61.8 Å². The number of amides is 1. The van der Waals surface area contributed by atoms with Gasteiger partial charge in [0.2, 0.25) is 15.9 Å². The first kappa shape index (κ1) is 23.5. The van der Waals surface area contributed by atoms with E-state index in [4.69, 9.17) is 11.6 Å². The van der Waals surface area contributed by atoms with Crippen LogP contribution in [0.2, 0.25) is 5.15 Å². The number of hydrogen-bond acceptors (Lipinski definition) is 5. The number of nitriles is 1. The summed E-state index contributed by atoms with van der Waals surface area (Å²) in [5.41, 5.74) is 1.39. The maximum atomic E-state index is 14.6. The Morgan fingerprint density at radius 3 is 2.61 bits per heavy atom. The Balaban J connectivity index is 1.58. The van der Waals surface area contributed by atoms with Crippen LogP contribution < -0.4 is 5.32 Å². The molecule has 2 heterocycles. The summed E-state index contributed by atoms with van der Waals surface area (Å²) in [5, 5.41) is 12.4. The second-order valence-corrected chi connectivity index (χ2v) is 10.5. The van der Waals surface area contributed by atoms with E-state index in [1.807, 2.05) is 0 Å². The molecule has 2 aromatic rings. The van der Waals surface area contributed by atoms with Crippen molar-refractivity contribution in [3.63, 3.8) is 0 Å². The molecule has 1 aliphatic carbocycles. The summed E-state index contributed by atoms with van der Waals surface area (Å²) < 4.78 is 55.0. The van der Waals surface area contributed by atoms with Crippen molar-refractivity contribution in [3.8, 4) is 6.07 Å². The number of carbonyl (C=O) groups excluding carboxylic acids is 1. The van der Waals surface area contributed by atoms with Gasteiger partial charge >= 0.3 is 0 Å². The SMILES string of the molecule is C[C@H]1[C@H](F)C[C@@H](C(=O)NCc2cc(Cl)nc(C3CC3)c2C#N)N1S(=O)(=O)c1ccc(F)cc1. The van der Waals surface area contributed by atoms with Gasteiger partial charge in [0.25, 0.3) is 0 Å². The summed E-state index contributed by atoms with van der Waals surface area (Å²) in [6, 6.07) is 5.35. The molecule has 4 rings (SSSR count). The van der Waals surface area contributed by atoms with E-state index in [9.17, 15) is 27.3 Å². The number of carbonyl (C=O) groups is 1. The van der Waals surface area contributed by atoms with Crippen molar-refractivity contribution in [3.05, 3.63) is 58.1 Å². The molecule has 1 aliphatic heterocycles. The molecule has 0 spiro atoms. The van der Waals surface area contributed by atoms with Crippen LogP contribution in [0.4, 0.5) is 8.78 Å². The molecule has 2 fully saturated rings. The van der Waals surface area contributed by atoms with Crippen LogP contribution in [0.5, 0.6) is 0 Å². The summed E-state index contributed by atoms with van der Waals surface area (Å²) in [5.74, 6) is -1.15. The van der Waals surface area contributed by atoms with E-state index in [0.29, 0.717) is 16.8 Å². The molecule has 1 saturated carbocycles. The second-order valence-electron chi connectivity index (χ2n) is 8.27. The highest BCUT2D eigenvalue weighted by Crippen LogP contribution is 2.41. The van der Waals surface area contributed by atoms with Crippen LogP contribution in [-0.2, 0) is 21.4 Å². The number of rotatable bonds is 6. The molecule has 1 N–H and O–H groups in total. The van der Waals surface area contributed by atoms with E-state index in [1.165, 1.54) is 13.0 Å². The predicted molar refractivity (Wildman–Crippen MR) is 116 cm³/mol. The molecule has 0 unspecified atom stereocenters. The van der Waals surface area contributed by atoms with E-state index in [0.717, 1.165) is 41.4 Å². The molecular weight excluding hydrogens is 474 g/mol. The van der Waals surface area contributed by atoms with Gasteiger partial charge in [0.05, 0.1) is 22.2 Å². The van der Waals surface area contributed by atoms with Gasteiger partial charge < -0.3 is 5.32 Å². The normalized spacial score (nSPS) is 23.3. The molecule has 1 amide bonds. The maximum absolute atomic E-state index is 14.6. The van der Waals surface area contributed by atoms with Gasteiger partial charge in [-0.1, -0.05) is 11.6 Å². The molecular formula is C22H21ClF2N4O3S. The fraction of sp³-hybridized carbons (Fsp3) is 0.409. The number of halogens is 3. The van der Waals surface area contributed by atoms with E-state index in [-0.39, 0.29) is 28.9 Å². The first-order chi connectivity index (χ1) is 15.6. The summed E-state index contributed by atoms with van der Waals surface area (Å²) >= 11 is 6.10. The lowest BCUT2D eigenvalue weighted by molar-refractivity contribution is -0.124. The maximum Gasteiger partial charge on any atom is 0.244 e. The first-order valence-electron chi connectivity index (χ1n) is 10.4. The van der Waals surface area contributed by atoms with Crippen LogP contribution in [0.1, 0.15) is 48.9 Å². The number of alkyl halides is 1. The van der Waals surface area contributed by atoms with Gasteiger partial charge in [0.1, 0.15) is 29.3 Å². The fourth-order valence-corrected chi connectivity index (χ4v) is 6.13. The summed E-state index contributed by atoms with van der Waals surface area (Å²) in [6.07, 6.45) is -0.0605. The van der Waals surface area contributed by atoms with Crippen molar-refractivity contribution in [1.82, 2.24) is 14.6 Å². The third kappa shape index (κ3) is 4.58. The minimum absolute atomic E-state index is 0.0873. The Labute approximate surface area is 195 Å². The summed E-state index contributed by atoms with van der Waals surface area (Å²) in [7, 11) is -4.26. The van der Waals surface area contributed by atoms with Crippen LogP contribution >= 0.6 is 11.6 Å². The molecule has 11 heteroatoms. The van der Waals surface area contributed by atoms with Crippen molar-refractivity contribution in [1.29, 1.82) is 5.26 Å². The zero-order valence-electron chi connectivity index (χ0n) is 17.6. The Bertz CT molecular complexity index is 1230. The highest BCUT2D eigenvalue weighted by Gasteiger charge is 2.49. The number of benzene rings is 1. The van der Waals surface area contributed by atoms with Gasteiger partial charge in [-0.2, -0.15) is 9.57 Å². The molecule has 174 valence electrons. The Kier molecular flexibility index (Phi) is 6.40. The van der Waals surface area contributed by atoms with Gasteiger partial charge in [0, 0.05) is 18.9 Å². The topological polar surface area (TPSA) is 103 Å². The third-order valence-corrected chi connectivity index (χ3v) is 8.20. The number of sulfonamides is 1. The molecule has 3 atom stereocenters. The number of pyridine rings is 1. The van der Waals surface area contributed by atoms with Crippen molar-refractivity contribution in [2.24, 2.45) is 0 Å². The lowest BCUT2D eigenvalue weighted by Crippen LogP contribution is -2.48. The van der Waals surface area contributed by atoms with Crippen LogP contribution in [0.3, 0.4) is 0 Å². The summed E-state index contributed by atoms with van der Waals surface area (Å²) in [4.78, 5) is 17.0. The summed E-state index contributed by atoms with van der Waals surface area (Å²) in [6.45, 7) is 1.30. The van der Waals surface area contributed by atoms with Crippen molar-refractivity contribution < 1.29 is 22.0 Å². The lowest BCUT2D eigenvalue weighted by Gasteiger charge is -2.27. The fourth-order valence-electron chi connectivity index (χ4n) is 4.10. The Hall–Kier alpha value is -2.61. The third-order valence-electron chi connectivity index (χ3n) is 6.00. The number of nitrogens with zero attached hydrogens (tertiary/aromatic N) is 3. The van der Waals surface area contributed by atoms with E-state index < -0.39 is 40.0 Å². The van der Waals surface area contributed by atoms with Gasteiger partial charge in [-0.3, -0.25) is 4.79 Å². The number of nitrogens with one attached hydrogen (secondary N) is 1. The van der Waals surface area contributed by atoms with Crippen LogP contribution in [0.15, 0.2) is 35.2 Å². The highest BCUT2D eigenvalue weighted by molar-refractivity contribution is 7.89. The van der Waals surface area contributed by atoms with Crippen LogP contribution in [0.25, 0.3) is 0 Å². The van der Waals surface area contributed by atoms with E-state index >= 15 is 0 Å². The Morgan fingerprint density at radius 1 is 1.33 bits per heavy atom. The largest absolute Gasteiger partial charge is 0.351 e. The lowest BCUT2D eigenvalue weighted by atomic mass is 10.0. The molecule has 0 radical (unpaired) electrons. The van der Waals surface area contributed by atoms with Gasteiger partial charge in [-0.05, 0) is 55.7 Å². The molecule has 0 bridgehead atoms. The second kappa shape index (κ2) is 8.97. The van der Waals surface area contributed by atoms with Gasteiger partial charge in [0.15, 0.2) is 0 Å². The van der Waals surface area contributed by atoms with E-state index in [1.54, 1.807) is 0 Å². The quantitative estimate of drug-likeness (QED) is 0.620. The minimum Gasteiger partial charge on any atom is -0.351 e. The average molecular weight is 495 g/mol. The smallest absolute Gasteiger partial charge is 0.244 e. The standard InChI is InChI=1S/C22H21ClF2N4O3S/c1-12-18(25)9-19(29(12)33(31,32)16-6-4-15(24)5-7-16)22(30)27-11-14-8-20(23)28-21(13-2-3-13)17(14)10-26/h4-8,12-13,18-19H,2-3,9,11H2,1H3,(H,27,30)/t12-,18+,19-/m0/s1. The minimum atomic E-state index is -4.26. The molecule has 2 aliphatic rings. The Morgan fingerprint density at radius 2 is 2.00 bits per heavy atom. The average Bonchev–Trinajstić information content (AvgIpc) is 3.57. The monoisotopic (exact) mass is 494 g/mol.